The second-order valence-electron chi connectivity index (χ2n) is 7.42. The second-order valence-corrected chi connectivity index (χ2v) is 9.05. The predicted molar refractivity (Wildman–Crippen MR) is 117 cm³/mol. The first-order chi connectivity index (χ1) is 13.8. The van der Waals surface area contributed by atoms with Crippen molar-refractivity contribution in [3.05, 3.63) is 66.6 Å². The van der Waals surface area contributed by atoms with Gasteiger partial charge in [0, 0.05) is 0 Å². The number of hydrogen-bond acceptors (Lipinski definition) is 5. The fourth-order valence-corrected chi connectivity index (χ4v) is 3.80. The molecule has 9 heteroatoms. The highest BCUT2D eigenvalue weighted by Crippen LogP contribution is 2.36. The van der Waals surface area contributed by atoms with Gasteiger partial charge in [0.15, 0.2) is 12.6 Å². The van der Waals surface area contributed by atoms with Crippen molar-refractivity contribution in [2.45, 2.75) is 38.9 Å². The highest BCUT2D eigenvalue weighted by molar-refractivity contribution is 6.39. The summed E-state index contributed by atoms with van der Waals surface area (Å²) in [5, 5.41) is 0.546. The molecule has 2 rings (SSSR count). The number of ether oxygens (including phenoxy) is 2. The Morgan fingerprint density at radius 3 is 1.20 bits per heavy atom. The van der Waals surface area contributed by atoms with Gasteiger partial charge in [-0.25, -0.2) is 4.79 Å². The molecule has 0 aliphatic rings. The number of carbonyl (C=O) groups excluding carboxylic acids is 3. The van der Waals surface area contributed by atoms with Crippen LogP contribution in [0.2, 0.25) is 20.1 Å². The Morgan fingerprint density at radius 1 is 0.700 bits per heavy atom. The Kier molecular flexibility index (Phi) is 7.46. The average molecular weight is 492 g/mol. The van der Waals surface area contributed by atoms with Crippen LogP contribution in [0, 0.1) is 0 Å². The van der Waals surface area contributed by atoms with Gasteiger partial charge in [0.2, 0.25) is 0 Å². The SMILES string of the molecule is CC(C)(OC(=O)OC(C)(C)c1cc(Cl)c(C=O)c(Cl)c1)c1cc(Cl)c(C=O)c(Cl)c1. The number of rotatable bonds is 6. The summed E-state index contributed by atoms with van der Waals surface area (Å²) < 4.78 is 11.0. The predicted octanol–water partition coefficient (Wildman–Crippen LogP) is 7.25. The number of benzene rings is 2. The molecule has 0 atom stereocenters. The first-order valence-corrected chi connectivity index (χ1v) is 10.1. The van der Waals surface area contributed by atoms with Crippen LogP contribution in [0.1, 0.15) is 59.5 Å². The van der Waals surface area contributed by atoms with Crippen molar-refractivity contribution in [2.24, 2.45) is 0 Å². The highest BCUT2D eigenvalue weighted by Gasteiger charge is 2.33. The van der Waals surface area contributed by atoms with Crippen LogP contribution in [0.15, 0.2) is 24.3 Å². The van der Waals surface area contributed by atoms with Gasteiger partial charge in [-0.3, -0.25) is 9.59 Å². The Labute approximate surface area is 194 Å². The largest absolute Gasteiger partial charge is 0.510 e. The molecule has 0 spiro atoms. The van der Waals surface area contributed by atoms with Crippen molar-refractivity contribution >= 4 is 65.1 Å². The number of halogens is 4. The molecule has 0 fully saturated rings. The van der Waals surface area contributed by atoms with Gasteiger partial charge in [0.05, 0.1) is 31.2 Å². The van der Waals surface area contributed by atoms with Gasteiger partial charge in [-0.1, -0.05) is 46.4 Å². The maximum Gasteiger partial charge on any atom is 0.510 e. The van der Waals surface area contributed by atoms with Crippen LogP contribution in [0.3, 0.4) is 0 Å². The molecular weight excluding hydrogens is 474 g/mol. The molecule has 160 valence electrons. The van der Waals surface area contributed by atoms with E-state index in [1.807, 2.05) is 0 Å². The van der Waals surface area contributed by atoms with Gasteiger partial charge in [0.1, 0.15) is 11.2 Å². The minimum absolute atomic E-state index is 0.137. The van der Waals surface area contributed by atoms with Crippen LogP contribution >= 0.6 is 46.4 Å². The van der Waals surface area contributed by atoms with E-state index in [4.69, 9.17) is 55.9 Å². The zero-order valence-electron chi connectivity index (χ0n) is 16.5. The lowest BCUT2D eigenvalue weighted by Gasteiger charge is -2.30. The molecular formula is C21H18Cl4O5. The molecule has 30 heavy (non-hydrogen) atoms. The topological polar surface area (TPSA) is 69.7 Å². The Hall–Kier alpha value is -1.79. The van der Waals surface area contributed by atoms with Crippen molar-refractivity contribution in [1.29, 1.82) is 0 Å². The lowest BCUT2D eigenvalue weighted by molar-refractivity contribution is -0.0634. The highest BCUT2D eigenvalue weighted by atomic mass is 35.5. The van der Waals surface area contributed by atoms with Crippen LogP contribution in [-0.4, -0.2) is 18.7 Å². The second kappa shape index (κ2) is 9.15. The number of aldehydes is 2. The summed E-state index contributed by atoms with van der Waals surface area (Å²) >= 11 is 24.3. The van der Waals surface area contributed by atoms with Crippen molar-refractivity contribution in [2.75, 3.05) is 0 Å². The van der Waals surface area contributed by atoms with Crippen LogP contribution in [-0.2, 0) is 20.7 Å². The van der Waals surface area contributed by atoms with Crippen molar-refractivity contribution in [3.63, 3.8) is 0 Å². The van der Waals surface area contributed by atoms with Crippen LogP contribution in [0.25, 0.3) is 0 Å². The quantitative estimate of drug-likeness (QED) is 0.314. The van der Waals surface area contributed by atoms with Gasteiger partial charge >= 0.3 is 6.16 Å². The molecule has 0 aliphatic carbocycles. The molecule has 0 bridgehead atoms. The zero-order chi connectivity index (χ0) is 22.9. The molecule has 0 aliphatic heterocycles. The van der Waals surface area contributed by atoms with Crippen LogP contribution < -0.4 is 0 Å². The van der Waals surface area contributed by atoms with E-state index in [9.17, 15) is 14.4 Å². The standard InChI is InChI=1S/C21H18Cl4O5/c1-20(2,11-5-15(22)13(9-26)16(23)6-11)29-19(28)30-21(3,4)12-7-17(24)14(10-27)18(25)8-12/h5-10H,1-4H3. The molecule has 0 saturated carbocycles. The molecule has 2 aromatic rings. The van der Waals surface area contributed by atoms with E-state index in [2.05, 4.69) is 0 Å². The van der Waals surface area contributed by atoms with Crippen molar-refractivity contribution in [3.8, 4) is 0 Å². The maximum atomic E-state index is 12.5. The van der Waals surface area contributed by atoms with Gasteiger partial charge < -0.3 is 9.47 Å². The molecule has 0 N–H and O–H groups in total. The monoisotopic (exact) mass is 490 g/mol. The zero-order valence-corrected chi connectivity index (χ0v) is 19.5. The summed E-state index contributed by atoms with van der Waals surface area (Å²) in [6.07, 6.45) is 0.125. The van der Waals surface area contributed by atoms with E-state index < -0.39 is 17.4 Å². The maximum absolute atomic E-state index is 12.5. The molecule has 5 nitrogen and oxygen atoms in total. The fraction of sp³-hybridized carbons (Fsp3) is 0.286. The van der Waals surface area contributed by atoms with E-state index in [-0.39, 0.29) is 31.2 Å². The van der Waals surface area contributed by atoms with Gasteiger partial charge in [-0.2, -0.15) is 0 Å². The Balaban J connectivity index is 2.25. The summed E-state index contributed by atoms with van der Waals surface area (Å²) in [4.78, 5) is 34.6. The Morgan fingerprint density at radius 2 is 0.967 bits per heavy atom. The molecule has 0 amide bonds. The van der Waals surface area contributed by atoms with E-state index in [1.54, 1.807) is 27.7 Å². The minimum Gasteiger partial charge on any atom is -0.423 e. The normalized spacial score (nSPS) is 11.7. The van der Waals surface area contributed by atoms with E-state index in [0.717, 1.165) is 0 Å². The lowest BCUT2D eigenvalue weighted by atomic mass is 9.96. The molecule has 2 aromatic carbocycles. The van der Waals surface area contributed by atoms with E-state index >= 15 is 0 Å². The summed E-state index contributed by atoms with van der Waals surface area (Å²) in [6, 6.07) is 5.97. The van der Waals surface area contributed by atoms with Gasteiger partial charge in [-0.05, 0) is 63.1 Å². The summed E-state index contributed by atoms with van der Waals surface area (Å²) in [5.41, 5.74) is -1.10. The fourth-order valence-electron chi connectivity index (χ4n) is 2.64. The van der Waals surface area contributed by atoms with Crippen LogP contribution in [0.5, 0.6) is 0 Å². The summed E-state index contributed by atoms with van der Waals surface area (Å²) in [5.74, 6) is 0. The lowest BCUT2D eigenvalue weighted by Crippen LogP contribution is -2.32. The third-order valence-electron chi connectivity index (χ3n) is 4.46. The molecule has 0 radical (unpaired) electrons. The molecule has 0 saturated heterocycles. The minimum atomic E-state index is -1.17. The summed E-state index contributed by atoms with van der Waals surface area (Å²) in [7, 11) is 0. The third kappa shape index (κ3) is 5.27. The van der Waals surface area contributed by atoms with Gasteiger partial charge in [0.25, 0.3) is 0 Å². The van der Waals surface area contributed by atoms with Gasteiger partial charge in [-0.15, -0.1) is 0 Å². The molecule has 0 heterocycles. The third-order valence-corrected chi connectivity index (χ3v) is 5.71. The summed E-state index contributed by atoms with van der Waals surface area (Å²) in [6.45, 7) is 6.49. The molecule has 0 unspecified atom stereocenters. The van der Waals surface area contributed by atoms with Crippen molar-refractivity contribution < 1.29 is 23.9 Å². The average Bonchev–Trinajstić information content (AvgIpc) is 2.60. The number of carbonyl (C=O) groups is 3. The van der Waals surface area contributed by atoms with E-state index in [1.165, 1.54) is 24.3 Å². The molecule has 0 aromatic heterocycles. The first kappa shape index (κ1) is 24.5. The van der Waals surface area contributed by atoms with Crippen molar-refractivity contribution in [1.82, 2.24) is 0 Å². The van der Waals surface area contributed by atoms with Crippen LogP contribution in [0.4, 0.5) is 4.79 Å². The first-order valence-electron chi connectivity index (χ1n) is 8.63. The smallest absolute Gasteiger partial charge is 0.423 e. The number of hydrogen-bond donors (Lipinski definition) is 0. The Bertz CT molecular complexity index is 889. The van der Waals surface area contributed by atoms with E-state index in [0.29, 0.717) is 23.7 Å².